The standard InChI is InChI=1S/C39H68O4/c1-3-5-7-9-11-13-14-15-16-17-18-19-20-22-28-32-36-39(42)43-37(33-29-25-21-12-10-8-6-4-2)34-30-26-23-24-27-31-35-38(40)41/h6,8,12,16-17,21,29,33,37H,3-5,7,9-11,13-15,18-20,22-28,30-32,34-36H2,1-2H3,(H,40,41)/b8-6-,17-16-,21-12-,33-29-. The molecule has 1 N–H and O–H groups in total. The molecule has 4 heteroatoms. The molecular weight excluding hydrogens is 532 g/mol. The largest absolute Gasteiger partial charge is 0.481 e. The van der Waals surface area contributed by atoms with Crippen LogP contribution in [0.3, 0.4) is 0 Å². The molecule has 248 valence electrons. The monoisotopic (exact) mass is 601 g/mol. The molecule has 0 radical (unpaired) electrons. The van der Waals surface area contributed by atoms with Crippen molar-refractivity contribution in [3.63, 3.8) is 0 Å². The minimum absolute atomic E-state index is 0.0723. The third-order valence-electron chi connectivity index (χ3n) is 7.77. The maximum Gasteiger partial charge on any atom is 0.306 e. The van der Waals surface area contributed by atoms with Crippen LogP contribution in [0.4, 0.5) is 0 Å². The Morgan fingerprint density at radius 2 is 1.05 bits per heavy atom. The van der Waals surface area contributed by atoms with E-state index in [0.29, 0.717) is 6.42 Å². The van der Waals surface area contributed by atoms with E-state index in [2.05, 4.69) is 62.5 Å². The third-order valence-corrected chi connectivity index (χ3v) is 7.77. The number of aliphatic carboxylic acids is 1. The number of carbonyl (C=O) groups is 2. The van der Waals surface area contributed by atoms with E-state index < -0.39 is 5.97 Å². The van der Waals surface area contributed by atoms with E-state index in [1.807, 2.05) is 0 Å². The maximum atomic E-state index is 12.6. The molecule has 0 saturated carbocycles. The van der Waals surface area contributed by atoms with Crippen LogP contribution in [0.2, 0.25) is 0 Å². The van der Waals surface area contributed by atoms with E-state index in [0.717, 1.165) is 77.0 Å². The van der Waals surface area contributed by atoms with Gasteiger partial charge in [-0.25, -0.2) is 0 Å². The molecule has 0 heterocycles. The Kier molecular flexibility index (Phi) is 32.7. The van der Waals surface area contributed by atoms with Crippen LogP contribution in [0.5, 0.6) is 0 Å². The minimum Gasteiger partial charge on any atom is -0.481 e. The maximum absolute atomic E-state index is 12.6. The molecule has 0 aromatic rings. The molecule has 43 heavy (non-hydrogen) atoms. The Labute approximate surface area is 266 Å². The number of allylic oxidation sites excluding steroid dienone is 7. The van der Waals surface area contributed by atoms with Gasteiger partial charge < -0.3 is 9.84 Å². The SMILES string of the molecule is CC/C=C\C/C=C\C/C=C\C(CCCCCCCCC(=O)O)OC(=O)CCCCCCC/C=C\CCCCCCCCC. The lowest BCUT2D eigenvalue weighted by atomic mass is 10.1. The number of carboxylic acids is 1. The number of carboxylic acid groups (broad SMARTS) is 1. The second kappa shape index (κ2) is 34.4. The van der Waals surface area contributed by atoms with Crippen molar-refractivity contribution >= 4 is 11.9 Å². The van der Waals surface area contributed by atoms with Gasteiger partial charge in [0, 0.05) is 12.8 Å². The van der Waals surface area contributed by atoms with Crippen LogP contribution in [0.1, 0.15) is 181 Å². The number of ether oxygens (including phenoxy) is 1. The summed E-state index contributed by atoms with van der Waals surface area (Å²) in [5, 5.41) is 8.75. The van der Waals surface area contributed by atoms with Gasteiger partial charge in [-0.1, -0.05) is 140 Å². The first-order valence-electron chi connectivity index (χ1n) is 18.1. The van der Waals surface area contributed by atoms with E-state index in [-0.39, 0.29) is 18.5 Å². The van der Waals surface area contributed by atoms with Gasteiger partial charge in [-0.15, -0.1) is 0 Å². The molecule has 1 unspecified atom stereocenters. The molecule has 1 atom stereocenters. The summed E-state index contributed by atoms with van der Waals surface area (Å²) < 4.78 is 5.87. The summed E-state index contributed by atoms with van der Waals surface area (Å²) >= 11 is 0. The number of unbranched alkanes of at least 4 members (excludes halogenated alkanes) is 17. The fraction of sp³-hybridized carbons (Fsp3) is 0.744. The third kappa shape index (κ3) is 34.3. The van der Waals surface area contributed by atoms with Gasteiger partial charge in [0.1, 0.15) is 6.10 Å². The highest BCUT2D eigenvalue weighted by Gasteiger charge is 2.11. The molecule has 0 amide bonds. The summed E-state index contributed by atoms with van der Waals surface area (Å²) in [4.78, 5) is 23.2. The number of carbonyl (C=O) groups excluding carboxylic acids is 1. The summed E-state index contributed by atoms with van der Waals surface area (Å²) in [6.07, 6.45) is 45.7. The predicted molar refractivity (Wildman–Crippen MR) is 185 cm³/mol. The van der Waals surface area contributed by atoms with E-state index in [4.69, 9.17) is 9.84 Å². The Bertz CT molecular complexity index is 734. The normalized spacial score (nSPS) is 12.8. The Morgan fingerprint density at radius 3 is 1.63 bits per heavy atom. The highest BCUT2D eigenvalue weighted by Crippen LogP contribution is 2.15. The Morgan fingerprint density at radius 1 is 0.558 bits per heavy atom. The second-order valence-corrected chi connectivity index (χ2v) is 12.0. The molecule has 4 nitrogen and oxygen atoms in total. The topological polar surface area (TPSA) is 63.6 Å². The molecule has 0 spiro atoms. The molecule has 0 aliphatic carbocycles. The number of rotatable bonds is 32. The van der Waals surface area contributed by atoms with E-state index in [1.54, 1.807) is 0 Å². The molecular formula is C39H68O4. The molecule has 0 saturated heterocycles. The summed E-state index contributed by atoms with van der Waals surface area (Å²) in [6, 6.07) is 0. The summed E-state index contributed by atoms with van der Waals surface area (Å²) in [5.74, 6) is -0.780. The van der Waals surface area contributed by atoms with Crippen molar-refractivity contribution in [2.75, 3.05) is 0 Å². The van der Waals surface area contributed by atoms with E-state index in [1.165, 1.54) is 77.0 Å². The van der Waals surface area contributed by atoms with Crippen molar-refractivity contribution in [3.05, 3.63) is 48.6 Å². The van der Waals surface area contributed by atoms with Crippen molar-refractivity contribution in [1.82, 2.24) is 0 Å². The van der Waals surface area contributed by atoms with Crippen molar-refractivity contribution in [3.8, 4) is 0 Å². The Hall–Kier alpha value is -2.10. The van der Waals surface area contributed by atoms with Crippen LogP contribution in [0.25, 0.3) is 0 Å². The number of hydrogen-bond donors (Lipinski definition) is 1. The first kappa shape index (κ1) is 40.9. The highest BCUT2D eigenvalue weighted by molar-refractivity contribution is 5.69. The van der Waals surface area contributed by atoms with Gasteiger partial charge >= 0.3 is 11.9 Å². The average Bonchev–Trinajstić information content (AvgIpc) is 2.99. The van der Waals surface area contributed by atoms with Gasteiger partial charge in [0.2, 0.25) is 0 Å². The van der Waals surface area contributed by atoms with Crippen molar-refractivity contribution in [2.45, 2.75) is 187 Å². The van der Waals surface area contributed by atoms with Crippen molar-refractivity contribution in [2.24, 2.45) is 0 Å². The van der Waals surface area contributed by atoms with Crippen LogP contribution in [0, 0.1) is 0 Å². The zero-order chi connectivity index (χ0) is 31.5. The minimum atomic E-state index is -0.708. The second-order valence-electron chi connectivity index (χ2n) is 12.0. The first-order chi connectivity index (χ1) is 21.1. The fourth-order valence-corrected chi connectivity index (χ4v) is 5.11. The quantitative estimate of drug-likeness (QED) is 0.0474. The molecule has 0 aliphatic heterocycles. The first-order valence-corrected chi connectivity index (χ1v) is 18.1. The van der Waals surface area contributed by atoms with E-state index >= 15 is 0 Å². The average molecular weight is 601 g/mol. The van der Waals surface area contributed by atoms with Crippen LogP contribution in [-0.4, -0.2) is 23.1 Å². The van der Waals surface area contributed by atoms with Gasteiger partial charge in [-0.2, -0.15) is 0 Å². The van der Waals surface area contributed by atoms with Gasteiger partial charge in [-0.05, 0) is 76.7 Å². The van der Waals surface area contributed by atoms with Crippen molar-refractivity contribution < 1.29 is 19.4 Å². The lowest BCUT2D eigenvalue weighted by molar-refractivity contribution is -0.147. The molecule has 0 rings (SSSR count). The van der Waals surface area contributed by atoms with Gasteiger partial charge in [0.25, 0.3) is 0 Å². The van der Waals surface area contributed by atoms with Crippen LogP contribution < -0.4 is 0 Å². The molecule has 0 aromatic heterocycles. The highest BCUT2D eigenvalue weighted by atomic mass is 16.5. The summed E-state index contributed by atoms with van der Waals surface area (Å²) in [5.41, 5.74) is 0. The van der Waals surface area contributed by atoms with Crippen LogP contribution in [-0.2, 0) is 14.3 Å². The smallest absolute Gasteiger partial charge is 0.306 e. The van der Waals surface area contributed by atoms with Gasteiger partial charge in [-0.3, -0.25) is 9.59 Å². The Balaban J connectivity index is 4.10. The lowest BCUT2D eigenvalue weighted by Crippen LogP contribution is -2.16. The molecule has 0 fully saturated rings. The molecule has 0 aromatic carbocycles. The number of hydrogen-bond acceptors (Lipinski definition) is 3. The molecule has 0 aliphatic rings. The summed E-state index contributed by atoms with van der Waals surface area (Å²) in [6.45, 7) is 4.41. The van der Waals surface area contributed by atoms with Gasteiger partial charge in [0.15, 0.2) is 0 Å². The lowest BCUT2D eigenvalue weighted by Gasteiger charge is -2.14. The predicted octanol–water partition coefficient (Wildman–Crippen LogP) is 12.4. The zero-order valence-electron chi connectivity index (χ0n) is 28.3. The summed E-state index contributed by atoms with van der Waals surface area (Å²) in [7, 11) is 0. The number of esters is 1. The van der Waals surface area contributed by atoms with E-state index in [9.17, 15) is 9.59 Å². The fourth-order valence-electron chi connectivity index (χ4n) is 5.11. The molecule has 0 bridgehead atoms. The van der Waals surface area contributed by atoms with Crippen LogP contribution in [0.15, 0.2) is 48.6 Å². The van der Waals surface area contributed by atoms with Crippen LogP contribution >= 0.6 is 0 Å². The van der Waals surface area contributed by atoms with Crippen molar-refractivity contribution in [1.29, 1.82) is 0 Å². The zero-order valence-corrected chi connectivity index (χ0v) is 28.3. The van der Waals surface area contributed by atoms with Gasteiger partial charge in [0.05, 0.1) is 0 Å².